The molecule has 0 saturated heterocycles. The maximum absolute atomic E-state index is 10.5. The third-order valence-corrected chi connectivity index (χ3v) is 2.31. The van der Waals surface area contributed by atoms with Crippen molar-refractivity contribution in [3.8, 4) is 11.5 Å². The normalized spacial score (nSPS) is 11.2. The fourth-order valence-electron chi connectivity index (χ4n) is 1.40. The predicted octanol–water partition coefficient (Wildman–Crippen LogP) is 3.12. The van der Waals surface area contributed by atoms with Crippen molar-refractivity contribution >= 4 is 6.08 Å². The highest BCUT2D eigenvalue weighted by molar-refractivity contribution is 5.56. The summed E-state index contributed by atoms with van der Waals surface area (Å²) in [6, 6.07) is 5.24. The molecule has 0 aromatic heterocycles. The Hall–Kier alpha value is -2.04. The first-order valence-corrected chi connectivity index (χ1v) is 5.72. The summed E-state index contributed by atoms with van der Waals surface area (Å²) in [5.74, 6) is 1.23. The van der Waals surface area contributed by atoms with Gasteiger partial charge in [-0.15, -0.1) is 0 Å². The molecule has 0 fully saturated rings. The number of nitro groups is 1. The smallest absolute Gasteiger partial charge is 0.243 e. The number of benzene rings is 1. The summed E-state index contributed by atoms with van der Waals surface area (Å²) < 4.78 is 10.7. The first-order valence-electron chi connectivity index (χ1n) is 5.72. The number of allylic oxidation sites excluding steroid dienone is 1. The lowest BCUT2D eigenvalue weighted by Crippen LogP contribution is -1.98. The van der Waals surface area contributed by atoms with Crippen LogP contribution in [0.5, 0.6) is 11.5 Å². The van der Waals surface area contributed by atoms with Crippen LogP contribution in [0.15, 0.2) is 23.9 Å². The molecule has 0 spiro atoms. The van der Waals surface area contributed by atoms with E-state index in [0.29, 0.717) is 23.7 Å². The van der Waals surface area contributed by atoms with E-state index in [1.54, 1.807) is 25.3 Å². The van der Waals surface area contributed by atoms with Gasteiger partial charge < -0.3 is 9.47 Å². The van der Waals surface area contributed by atoms with Crippen LogP contribution < -0.4 is 9.47 Å². The van der Waals surface area contributed by atoms with Crippen molar-refractivity contribution in [1.29, 1.82) is 0 Å². The lowest BCUT2D eigenvalue weighted by molar-refractivity contribution is -0.422. The summed E-state index contributed by atoms with van der Waals surface area (Å²) in [6.07, 6.45) is 2.40. The number of rotatable bonds is 6. The molecule has 0 atom stereocenters. The van der Waals surface area contributed by atoms with Gasteiger partial charge in [0.05, 0.1) is 18.6 Å². The van der Waals surface area contributed by atoms with Gasteiger partial charge in [-0.2, -0.15) is 0 Å². The van der Waals surface area contributed by atoms with Crippen LogP contribution in [0.4, 0.5) is 0 Å². The van der Waals surface area contributed by atoms with Crippen molar-refractivity contribution < 1.29 is 14.4 Å². The molecule has 0 aliphatic rings. The Kier molecular flexibility index (Phi) is 5.17. The average molecular weight is 251 g/mol. The van der Waals surface area contributed by atoms with E-state index >= 15 is 0 Å². The van der Waals surface area contributed by atoms with Gasteiger partial charge in [-0.3, -0.25) is 10.1 Å². The second kappa shape index (κ2) is 6.64. The highest BCUT2D eigenvalue weighted by Gasteiger charge is 2.07. The van der Waals surface area contributed by atoms with E-state index < -0.39 is 4.92 Å². The number of methoxy groups -OCH3 is 1. The van der Waals surface area contributed by atoms with Crippen LogP contribution in [-0.4, -0.2) is 18.6 Å². The Morgan fingerprint density at radius 2 is 2.17 bits per heavy atom. The molecule has 0 aliphatic heterocycles. The van der Waals surface area contributed by atoms with Gasteiger partial charge >= 0.3 is 0 Å². The van der Waals surface area contributed by atoms with Crippen molar-refractivity contribution in [2.75, 3.05) is 13.7 Å². The third kappa shape index (κ3) is 3.76. The van der Waals surface area contributed by atoms with Gasteiger partial charge in [0.1, 0.15) is 0 Å². The minimum atomic E-state index is -0.423. The highest BCUT2D eigenvalue weighted by Crippen LogP contribution is 2.29. The fraction of sp³-hybridized carbons (Fsp3) is 0.385. The van der Waals surface area contributed by atoms with E-state index in [0.717, 1.165) is 6.42 Å². The Morgan fingerprint density at radius 1 is 1.44 bits per heavy atom. The molecule has 0 N–H and O–H groups in total. The predicted molar refractivity (Wildman–Crippen MR) is 69.4 cm³/mol. The zero-order valence-corrected chi connectivity index (χ0v) is 10.8. The molecule has 0 amide bonds. The molecule has 0 unspecified atom stereocenters. The Labute approximate surface area is 106 Å². The van der Waals surface area contributed by atoms with Gasteiger partial charge in [0.25, 0.3) is 0 Å². The van der Waals surface area contributed by atoms with E-state index in [1.807, 2.05) is 6.92 Å². The maximum Gasteiger partial charge on any atom is 0.243 e. The highest BCUT2D eigenvalue weighted by atomic mass is 16.6. The van der Waals surface area contributed by atoms with E-state index in [2.05, 4.69) is 0 Å². The lowest BCUT2D eigenvalue weighted by Gasteiger charge is -2.10. The number of hydrogen-bond acceptors (Lipinski definition) is 4. The average Bonchev–Trinajstić information content (AvgIpc) is 2.36. The summed E-state index contributed by atoms with van der Waals surface area (Å²) in [5, 5.41) is 10.5. The molecule has 0 aliphatic carbocycles. The molecule has 5 nitrogen and oxygen atoms in total. The largest absolute Gasteiger partial charge is 0.493 e. The standard InChI is InChI=1S/C13H17NO4/c1-4-7-18-12-6-5-11(9-13(12)17-3)8-10(2)14(15)16/h5-6,8-9H,4,7H2,1-3H3/b10-8+. The van der Waals surface area contributed by atoms with Gasteiger partial charge in [0.15, 0.2) is 11.5 Å². The molecule has 0 bridgehead atoms. The zero-order chi connectivity index (χ0) is 13.5. The van der Waals surface area contributed by atoms with Crippen LogP contribution in [0, 0.1) is 10.1 Å². The molecule has 5 heteroatoms. The number of nitrogens with zero attached hydrogens (tertiary/aromatic N) is 1. The zero-order valence-electron chi connectivity index (χ0n) is 10.8. The minimum Gasteiger partial charge on any atom is -0.493 e. The van der Waals surface area contributed by atoms with Crippen LogP contribution in [0.3, 0.4) is 0 Å². The van der Waals surface area contributed by atoms with Crippen molar-refractivity contribution in [3.63, 3.8) is 0 Å². The van der Waals surface area contributed by atoms with Crippen LogP contribution in [0.25, 0.3) is 6.08 Å². The molecule has 1 aromatic carbocycles. The van der Waals surface area contributed by atoms with Crippen LogP contribution in [0.1, 0.15) is 25.8 Å². The molecule has 0 heterocycles. The Balaban J connectivity index is 2.98. The minimum absolute atomic E-state index is 0.0827. The first-order chi connectivity index (χ1) is 8.58. The fourth-order valence-corrected chi connectivity index (χ4v) is 1.40. The van der Waals surface area contributed by atoms with Gasteiger partial charge in [-0.25, -0.2) is 0 Å². The first kappa shape index (κ1) is 14.0. The number of hydrogen-bond donors (Lipinski definition) is 0. The van der Waals surface area contributed by atoms with E-state index in [-0.39, 0.29) is 5.70 Å². The van der Waals surface area contributed by atoms with Crippen molar-refractivity contribution in [2.24, 2.45) is 0 Å². The summed E-state index contributed by atoms with van der Waals surface area (Å²) in [7, 11) is 1.54. The van der Waals surface area contributed by atoms with Crippen molar-refractivity contribution in [3.05, 3.63) is 39.6 Å². The van der Waals surface area contributed by atoms with E-state index in [9.17, 15) is 10.1 Å². The molecule has 18 heavy (non-hydrogen) atoms. The van der Waals surface area contributed by atoms with Crippen molar-refractivity contribution in [1.82, 2.24) is 0 Å². The second-order valence-electron chi connectivity index (χ2n) is 3.80. The third-order valence-electron chi connectivity index (χ3n) is 2.31. The van der Waals surface area contributed by atoms with Gasteiger partial charge in [-0.1, -0.05) is 13.0 Å². The lowest BCUT2D eigenvalue weighted by atomic mass is 10.1. The van der Waals surface area contributed by atoms with Crippen molar-refractivity contribution in [2.45, 2.75) is 20.3 Å². The van der Waals surface area contributed by atoms with Crippen LogP contribution in [0.2, 0.25) is 0 Å². The monoisotopic (exact) mass is 251 g/mol. The van der Waals surface area contributed by atoms with Gasteiger partial charge in [0.2, 0.25) is 5.70 Å². The Bertz CT molecular complexity index is 454. The molecule has 0 radical (unpaired) electrons. The topological polar surface area (TPSA) is 61.6 Å². The summed E-state index contributed by atoms with van der Waals surface area (Å²) in [6.45, 7) is 4.08. The molecule has 1 aromatic rings. The summed E-state index contributed by atoms with van der Waals surface area (Å²) in [5.41, 5.74) is 0.796. The number of ether oxygens (including phenoxy) is 2. The molecule has 98 valence electrons. The van der Waals surface area contributed by atoms with Gasteiger partial charge in [0, 0.05) is 13.0 Å². The van der Waals surface area contributed by atoms with Crippen LogP contribution >= 0.6 is 0 Å². The van der Waals surface area contributed by atoms with Crippen LogP contribution in [-0.2, 0) is 0 Å². The molecule has 0 saturated carbocycles. The molecular formula is C13H17NO4. The molecule has 1 rings (SSSR count). The maximum atomic E-state index is 10.5. The SMILES string of the molecule is CCCOc1ccc(/C=C(\C)[N+](=O)[O-])cc1OC. The van der Waals surface area contributed by atoms with E-state index in [4.69, 9.17) is 9.47 Å². The second-order valence-corrected chi connectivity index (χ2v) is 3.80. The molecular weight excluding hydrogens is 234 g/mol. The summed E-state index contributed by atoms with van der Waals surface area (Å²) in [4.78, 5) is 10.1. The van der Waals surface area contributed by atoms with Gasteiger partial charge in [-0.05, 0) is 24.1 Å². The Morgan fingerprint density at radius 3 is 2.72 bits per heavy atom. The summed E-state index contributed by atoms with van der Waals surface area (Å²) >= 11 is 0. The quantitative estimate of drug-likeness (QED) is 0.575. The van der Waals surface area contributed by atoms with E-state index in [1.165, 1.54) is 13.0 Å².